The van der Waals surface area contributed by atoms with Crippen LogP contribution in [-0.2, 0) is 11.2 Å². The van der Waals surface area contributed by atoms with Crippen LogP contribution in [0.25, 0.3) is 0 Å². The Balaban J connectivity index is 2.03. The van der Waals surface area contributed by atoms with Gasteiger partial charge in [0.2, 0.25) is 0 Å². The highest BCUT2D eigenvalue weighted by molar-refractivity contribution is 5.82. The number of fused-ring (bicyclic) bond motifs is 1. The molecule has 0 fully saturated rings. The van der Waals surface area contributed by atoms with E-state index in [1.54, 1.807) is 0 Å². The molecule has 0 radical (unpaired) electrons. The molecule has 22 heavy (non-hydrogen) atoms. The molecule has 5 heteroatoms. The van der Waals surface area contributed by atoms with Crippen LogP contribution >= 0.6 is 0 Å². The van der Waals surface area contributed by atoms with Crippen molar-refractivity contribution in [2.75, 3.05) is 20.2 Å². The second kappa shape index (κ2) is 7.22. The maximum atomic E-state index is 9.84. The molecule has 0 aromatic heterocycles. The van der Waals surface area contributed by atoms with E-state index in [2.05, 4.69) is 9.89 Å². The molecular formula is C17H27N3O2. The number of aliphatic hydroxyl groups is 1. The minimum Gasteiger partial charge on any atom is -0.391 e. The fourth-order valence-electron chi connectivity index (χ4n) is 2.57. The number of hydrogen-bond donors (Lipinski definition) is 2. The zero-order chi connectivity index (χ0) is 16.3. The molecule has 0 heterocycles. The number of nitrogens with two attached hydrogens (primary N) is 1. The molecule has 1 aliphatic rings. The lowest BCUT2D eigenvalue weighted by Gasteiger charge is -2.19. The van der Waals surface area contributed by atoms with Crippen molar-refractivity contribution in [1.29, 1.82) is 0 Å². The average Bonchev–Trinajstić information content (AvgIpc) is 2.74. The first-order valence-electron chi connectivity index (χ1n) is 7.83. The summed E-state index contributed by atoms with van der Waals surface area (Å²) in [7, 11) is 2.01. The summed E-state index contributed by atoms with van der Waals surface area (Å²) in [5.41, 5.74) is 9.02. The van der Waals surface area contributed by atoms with Gasteiger partial charge in [0.15, 0.2) is 0 Å². The minimum atomic E-state index is -0.480. The van der Waals surface area contributed by atoms with Crippen molar-refractivity contribution in [2.24, 2.45) is 10.7 Å². The number of likely N-dealkylation sites (N-methyl/N-ethyl adjacent to an activating group) is 1. The van der Waals surface area contributed by atoms with Gasteiger partial charge in [-0.25, -0.2) is 4.99 Å². The number of ether oxygens (including phenoxy) is 1. The van der Waals surface area contributed by atoms with E-state index in [9.17, 15) is 5.11 Å². The lowest BCUT2D eigenvalue weighted by molar-refractivity contribution is 0.0724. The molecule has 122 valence electrons. The Morgan fingerprint density at radius 1 is 1.50 bits per heavy atom. The largest absolute Gasteiger partial charge is 0.391 e. The van der Waals surface area contributed by atoms with Crippen molar-refractivity contribution in [3.63, 3.8) is 0 Å². The molecule has 5 nitrogen and oxygen atoms in total. The predicted molar refractivity (Wildman–Crippen MR) is 89.6 cm³/mol. The quantitative estimate of drug-likeness (QED) is 0.645. The summed E-state index contributed by atoms with van der Waals surface area (Å²) >= 11 is 0. The molecule has 1 aromatic rings. The first kappa shape index (κ1) is 16.9. The number of aliphatic hydroxyl groups excluding tert-OH is 1. The van der Waals surface area contributed by atoms with Crippen LogP contribution in [0.2, 0.25) is 0 Å². The third kappa shape index (κ3) is 4.06. The minimum absolute atomic E-state index is 0.246. The van der Waals surface area contributed by atoms with Crippen LogP contribution in [-0.4, -0.2) is 48.2 Å². The zero-order valence-electron chi connectivity index (χ0n) is 13.9. The Bertz CT molecular complexity index is 543. The first-order chi connectivity index (χ1) is 10.4. The Morgan fingerprint density at radius 3 is 2.91 bits per heavy atom. The maximum absolute atomic E-state index is 9.84. The van der Waals surface area contributed by atoms with Crippen LogP contribution in [0.15, 0.2) is 23.2 Å². The second-order valence-electron chi connectivity index (χ2n) is 6.18. The lowest BCUT2D eigenvalue weighted by atomic mass is 10.1. The summed E-state index contributed by atoms with van der Waals surface area (Å²) in [5, 5.41) is 9.84. The number of amidine groups is 1. The van der Waals surface area contributed by atoms with E-state index < -0.39 is 6.10 Å². The van der Waals surface area contributed by atoms with E-state index in [0.717, 1.165) is 29.2 Å². The van der Waals surface area contributed by atoms with Crippen LogP contribution < -0.4 is 5.73 Å². The summed E-state index contributed by atoms with van der Waals surface area (Å²) < 4.78 is 5.56. The highest BCUT2D eigenvalue weighted by Gasteiger charge is 2.27. The van der Waals surface area contributed by atoms with Crippen molar-refractivity contribution in [3.05, 3.63) is 29.3 Å². The van der Waals surface area contributed by atoms with E-state index in [4.69, 9.17) is 10.5 Å². The van der Waals surface area contributed by atoms with Crippen molar-refractivity contribution < 1.29 is 9.84 Å². The van der Waals surface area contributed by atoms with Crippen molar-refractivity contribution in [2.45, 2.75) is 45.4 Å². The SMILES string of the molecule is CC(=Nc1ccc2c(c1)[C@@H](N)[C@H](O)C2)N(C)CCOC(C)C. The van der Waals surface area contributed by atoms with Gasteiger partial charge in [0, 0.05) is 20.0 Å². The fourth-order valence-corrected chi connectivity index (χ4v) is 2.57. The molecule has 0 spiro atoms. The molecule has 0 saturated heterocycles. The smallest absolute Gasteiger partial charge is 0.101 e. The molecule has 0 unspecified atom stereocenters. The lowest BCUT2D eigenvalue weighted by Crippen LogP contribution is -2.28. The van der Waals surface area contributed by atoms with Crippen LogP contribution in [0.5, 0.6) is 0 Å². The van der Waals surface area contributed by atoms with Gasteiger partial charge < -0.3 is 20.5 Å². The standard InChI is InChI=1S/C17H27N3O2/c1-11(2)22-8-7-20(4)12(3)19-14-6-5-13-9-16(21)17(18)15(13)10-14/h5-6,10-11,16-17,21H,7-9,18H2,1-4H3/t16-,17-/m1/s1. The van der Waals surface area contributed by atoms with Crippen LogP contribution in [0.3, 0.4) is 0 Å². The number of rotatable bonds is 5. The molecule has 0 amide bonds. The van der Waals surface area contributed by atoms with Gasteiger partial charge in [-0.2, -0.15) is 0 Å². The molecule has 2 atom stereocenters. The third-order valence-corrected chi connectivity index (χ3v) is 4.05. The molecule has 0 saturated carbocycles. The zero-order valence-corrected chi connectivity index (χ0v) is 13.9. The Morgan fingerprint density at radius 2 is 2.23 bits per heavy atom. The monoisotopic (exact) mass is 305 g/mol. The molecule has 1 aliphatic carbocycles. The highest BCUT2D eigenvalue weighted by atomic mass is 16.5. The van der Waals surface area contributed by atoms with Crippen molar-refractivity contribution >= 4 is 11.5 Å². The van der Waals surface area contributed by atoms with Gasteiger partial charge in [0.1, 0.15) is 5.84 Å². The topological polar surface area (TPSA) is 71.1 Å². The van der Waals surface area contributed by atoms with Crippen LogP contribution in [0, 0.1) is 0 Å². The van der Waals surface area contributed by atoms with Crippen LogP contribution in [0.4, 0.5) is 5.69 Å². The number of benzene rings is 1. The average molecular weight is 305 g/mol. The highest BCUT2D eigenvalue weighted by Crippen LogP contribution is 2.32. The second-order valence-corrected chi connectivity index (χ2v) is 6.18. The van der Waals surface area contributed by atoms with E-state index >= 15 is 0 Å². The first-order valence-corrected chi connectivity index (χ1v) is 7.83. The number of hydrogen-bond acceptors (Lipinski definition) is 4. The fraction of sp³-hybridized carbons (Fsp3) is 0.588. The summed E-state index contributed by atoms with van der Waals surface area (Å²) in [6.45, 7) is 7.53. The van der Waals surface area contributed by atoms with Crippen molar-refractivity contribution in [3.8, 4) is 0 Å². The van der Waals surface area contributed by atoms with E-state index in [-0.39, 0.29) is 12.1 Å². The van der Waals surface area contributed by atoms with Crippen molar-refractivity contribution in [1.82, 2.24) is 4.90 Å². The van der Waals surface area contributed by atoms with Gasteiger partial charge in [-0.1, -0.05) is 6.07 Å². The predicted octanol–water partition coefficient (Wildman–Crippen LogP) is 2.01. The molecular weight excluding hydrogens is 278 g/mol. The normalized spacial score (nSPS) is 21.3. The summed E-state index contributed by atoms with van der Waals surface area (Å²) in [6, 6.07) is 5.67. The molecule has 1 aromatic carbocycles. The Kier molecular flexibility index (Phi) is 5.56. The van der Waals surface area contributed by atoms with Gasteiger partial charge >= 0.3 is 0 Å². The number of aliphatic imine (C=N–C) groups is 1. The van der Waals surface area contributed by atoms with Gasteiger partial charge in [-0.05, 0) is 44.0 Å². The van der Waals surface area contributed by atoms with Gasteiger partial charge in [0.25, 0.3) is 0 Å². The van der Waals surface area contributed by atoms with E-state index in [1.807, 2.05) is 46.0 Å². The van der Waals surface area contributed by atoms with E-state index in [0.29, 0.717) is 13.0 Å². The summed E-state index contributed by atoms with van der Waals surface area (Å²) in [6.07, 6.45) is 0.396. The molecule has 0 bridgehead atoms. The maximum Gasteiger partial charge on any atom is 0.101 e. The van der Waals surface area contributed by atoms with Gasteiger partial charge in [-0.15, -0.1) is 0 Å². The summed E-state index contributed by atoms with van der Waals surface area (Å²) in [4.78, 5) is 6.72. The number of nitrogens with zero attached hydrogens (tertiary/aromatic N) is 2. The summed E-state index contributed by atoms with van der Waals surface area (Å²) in [5.74, 6) is 0.930. The Hall–Kier alpha value is -1.43. The Labute approximate surface area is 132 Å². The van der Waals surface area contributed by atoms with E-state index in [1.165, 1.54) is 0 Å². The van der Waals surface area contributed by atoms with Crippen LogP contribution in [0.1, 0.15) is 37.9 Å². The molecule has 3 N–H and O–H groups in total. The molecule has 2 rings (SSSR count). The third-order valence-electron chi connectivity index (χ3n) is 4.05. The molecule has 0 aliphatic heterocycles. The van der Waals surface area contributed by atoms with Gasteiger partial charge in [-0.3, -0.25) is 0 Å². The van der Waals surface area contributed by atoms with Gasteiger partial charge in [0.05, 0.1) is 30.5 Å².